The lowest BCUT2D eigenvalue weighted by Gasteiger charge is -2.47. The van der Waals surface area contributed by atoms with Gasteiger partial charge in [-0.3, -0.25) is 9.59 Å². The van der Waals surface area contributed by atoms with Crippen molar-refractivity contribution in [2.24, 2.45) is 11.8 Å². The predicted molar refractivity (Wildman–Crippen MR) is 145 cm³/mol. The molecule has 0 aromatic heterocycles. The van der Waals surface area contributed by atoms with Gasteiger partial charge in [0.1, 0.15) is 0 Å². The van der Waals surface area contributed by atoms with Gasteiger partial charge in [-0.1, -0.05) is 102 Å². The Morgan fingerprint density at radius 3 is 1.50 bits per heavy atom. The van der Waals surface area contributed by atoms with Crippen LogP contribution < -0.4 is 4.90 Å². The summed E-state index contributed by atoms with van der Waals surface area (Å²) in [5, 5.41) is 0.422. The minimum atomic E-state index is -0.422. The number of hydrogen-bond acceptors (Lipinski definition) is 2. The van der Waals surface area contributed by atoms with Crippen molar-refractivity contribution in [1.29, 1.82) is 0 Å². The van der Waals surface area contributed by atoms with Gasteiger partial charge < -0.3 is 0 Å². The van der Waals surface area contributed by atoms with Crippen molar-refractivity contribution in [3.63, 3.8) is 0 Å². The van der Waals surface area contributed by atoms with E-state index < -0.39 is 11.8 Å². The monoisotopic (exact) mass is 497 g/mol. The summed E-state index contributed by atoms with van der Waals surface area (Å²) in [6.45, 7) is 13.3. The molecule has 3 aromatic carbocycles. The second-order valence-corrected chi connectivity index (χ2v) is 13.1. The van der Waals surface area contributed by atoms with Gasteiger partial charge in [0.05, 0.1) is 22.5 Å². The van der Waals surface area contributed by atoms with Crippen LogP contribution in [-0.4, -0.2) is 11.8 Å². The molecular weight excluding hydrogens is 466 g/mol. The molecule has 0 saturated carbocycles. The van der Waals surface area contributed by atoms with E-state index in [0.29, 0.717) is 10.7 Å². The molecule has 1 saturated heterocycles. The first-order valence-electron chi connectivity index (χ1n) is 12.8. The van der Waals surface area contributed by atoms with Gasteiger partial charge in [-0.15, -0.1) is 0 Å². The number of carbonyl (C=O) groups is 2. The predicted octanol–water partition coefficient (Wildman–Crippen LogP) is 7.33. The van der Waals surface area contributed by atoms with E-state index in [2.05, 4.69) is 77.9 Å². The average molecular weight is 498 g/mol. The summed E-state index contributed by atoms with van der Waals surface area (Å²) in [5.74, 6) is -1.41. The number of imide groups is 1. The van der Waals surface area contributed by atoms with Crippen molar-refractivity contribution in [3.8, 4) is 0 Å². The largest absolute Gasteiger partial charge is 0.274 e. The highest BCUT2D eigenvalue weighted by molar-refractivity contribution is 6.36. The normalized spacial score (nSPS) is 24.6. The van der Waals surface area contributed by atoms with E-state index in [-0.39, 0.29) is 34.5 Å². The smallest absolute Gasteiger partial charge is 0.238 e. The van der Waals surface area contributed by atoms with E-state index in [1.54, 1.807) is 12.1 Å². The summed E-state index contributed by atoms with van der Waals surface area (Å²) in [6.07, 6.45) is 0. The van der Waals surface area contributed by atoms with Crippen molar-refractivity contribution >= 4 is 29.1 Å². The second-order valence-electron chi connectivity index (χ2n) is 12.7. The third-order valence-electron chi connectivity index (χ3n) is 8.46. The number of halogens is 1. The Kier molecular flexibility index (Phi) is 4.93. The molecular formula is C32H32ClNO2. The van der Waals surface area contributed by atoms with Gasteiger partial charge in [0.2, 0.25) is 11.8 Å². The van der Waals surface area contributed by atoms with Crippen molar-refractivity contribution in [1.82, 2.24) is 0 Å². The first-order chi connectivity index (χ1) is 16.9. The third kappa shape index (κ3) is 3.18. The topological polar surface area (TPSA) is 37.4 Å². The Morgan fingerprint density at radius 2 is 1.08 bits per heavy atom. The lowest BCUT2D eigenvalue weighted by molar-refractivity contribution is -0.122. The maximum Gasteiger partial charge on any atom is 0.238 e. The van der Waals surface area contributed by atoms with Gasteiger partial charge in [-0.2, -0.15) is 0 Å². The van der Waals surface area contributed by atoms with Gasteiger partial charge in [0, 0.05) is 11.8 Å². The quantitative estimate of drug-likeness (QED) is 0.330. The zero-order valence-corrected chi connectivity index (χ0v) is 22.5. The zero-order valence-electron chi connectivity index (χ0n) is 21.7. The molecule has 0 spiro atoms. The summed E-state index contributed by atoms with van der Waals surface area (Å²) >= 11 is 6.49. The standard InChI is InChI=1S/C32H32ClNO2/c1-31(2,3)17-11-13-19-21(15-17)25-20-14-12-18(32(4,5)6)16-22(20)26(19)28-27(25)29(35)34(30(28)36)24-10-8-7-9-23(24)33/h7-16,25-28H,1-6H3. The van der Waals surface area contributed by atoms with Gasteiger partial charge in [0.25, 0.3) is 0 Å². The highest BCUT2D eigenvalue weighted by atomic mass is 35.5. The van der Waals surface area contributed by atoms with E-state index in [4.69, 9.17) is 11.6 Å². The van der Waals surface area contributed by atoms with E-state index in [1.165, 1.54) is 38.3 Å². The Morgan fingerprint density at radius 1 is 0.639 bits per heavy atom. The fourth-order valence-corrected chi connectivity index (χ4v) is 6.80. The number of nitrogens with zero attached hydrogens (tertiary/aromatic N) is 1. The SMILES string of the molecule is CC(C)(C)c1ccc2c(c1)C1c3ccc(C(C)(C)C)cc3C2C2C(=O)N(c3ccccc3Cl)C(=O)C12. The molecule has 4 aliphatic rings. The summed E-state index contributed by atoms with van der Waals surface area (Å²) < 4.78 is 0. The Labute approximate surface area is 218 Å². The first-order valence-corrected chi connectivity index (χ1v) is 13.2. The molecule has 3 nitrogen and oxygen atoms in total. The lowest BCUT2D eigenvalue weighted by Crippen LogP contribution is -2.42. The highest BCUT2D eigenvalue weighted by Crippen LogP contribution is 2.62. The summed E-state index contributed by atoms with van der Waals surface area (Å²) in [4.78, 5) is 29.5. The van der Waals surface area contributed by atoms with Crippen molar-refractivity contribution in [2.45, 2.75) is 64.2 Å². The van der Waals surface area contributed by atoms with Crippen LogP contribution in [0.4, 0.5) is 5.69 Å². The molecule has 0 N–H and O–H groups in total. The van der Waals surface area contributed by atoms with Crippen LogP contribution >= 0.6 is 11.6 Å². The van der Waals surface area contributed by atoms with Crippen molar-refractivity contribution < 1.29 is 9.59 Å². The summed E-state index contributed by atoms with van der Waals surface area (Å²) in [5.41, 5.74) is 7.74. The minimum absolute atomic E-state index is 0.0108. The number of anilines is 1. The molecule has 36 heavy (non-hydrogen) atoms. The van der Waals surface area contributed by atoms with Gasteiger partial charge in [-0.05, 0) is 56.3 Å². The van der Waals surface area contributed by atoms with Crippen LogP contribution in [-0.2, 0) is 20.4 Å². The molecule has 3 aliphatic carbocycles. The van der Waals surface area contributed by atoms with Crippen LogP contribution in [0.3, 0.4) is 0 Å². The molecule has 4 atom stereocenters. The zero-order chi connectivity index (χ0) is 25.7. The second kappa shape index (κ2) is 7.55. The molecule has 1 heterocycles. The molecule has 0 radical (unpaired) electrons. The lowest BCUT2D eigenvalue weighted by atomic mass is 9.54. The van der Waals surface area contributed by atoms with Gasteiger partial charge >= 0.3 is 0 Å². The molecule has 4 unspecified atom stereocenters. The summed E-state index contributed by atoms with van der Waals surface area (Å²) in [7, 11) is 0. The van der Waals surface area contributed by atoms with Crippen LogP contribution in [0.2, 0.25) is 5.02 Å². The Bertz CT molecular complexity index is 1350. The van der Waals surface area contributed by atoms with Gasteiger partial charge in [-0.25, -0.2) is 4.90 Å². The fraction of sp³-hybridized carbons (Fsp3) is 0.375. The number of rotatable bonds is 1. The number of hydrogen-bond donors (Lipinski definition) is 0. The van der Waals surface area contributed by atoms with E-state index in [9.17, 15) is 9.59 Å². The number of benzene rings is 3. The summed E-state index contributed by atoms with van der Waals surface area (Å²) in [6, 6.07) is 20.6. The Balaban J connectivity index is 1.59. The minimum Gasteiger partial charge on any atom is -0.274 e. The fourth-order valence-electron chi connectivity index (χ4n) is 6.58. The van der Waals surface area contributed by atoms with E-state index >= 15 is 0 Å². The van der Waals surface area contributed by atoms with Crippen LogP contribution in [0, 0.1) is 11.8 Å². The molecule has 2 amide bonds. The molecule has 184 valence electrons. The molecule has 1 aliphatic heterocycles. The van der Waals surface area contributed by atoms with Crippen molar-refractivity contribution in [3.05, 3.63) is 99.1 Å². The number of amides is 2. The van der Waals surface area contributed by atoms with Crippen molar-refractivity contribution in [2.75, 3.05) is 4.90 Å². The molecule has 7 rings (SSSR count). The number of carbonyl (C=O) groups excluding carboxylic acids is 2. The molecule has 4 heteroatoms. The van der Waals surface area contributed by atoms with Crippen LogP contribution in [0.1, 0.15) is 86.8 Å². The average Bonchev–Trinajstić information content (AvgIpc) is 3.08. The number of para-hydroxylation sites is 1. The maximum absolute atomic E-state index is 14.1. The molecule has 3 aromatic rings. The first kappa shape index (κ1) is 23.5. The van der Waals surface area contributed by atoms with Crippen LogP contribution in [0.25, 0.3) is 0 Å². The maximum atomic E-state index is 14.1. The molecule has 1 fully saturated rings. The van der Waals surface area contributed by atoms with Crippen LogP contribution in [0.5, 0.6) is 0 Å². The highest BCUT2D eigenvalue weighted by Gasteiger charge is 2.62. The Hall–Kier alpha value is -2.91. The van der Waals surface area contributed by atoms with E-state index in [0.717, 1.165) is 0 Å². The van der Waals surface area contributed by atoms with Crippen LogP contribution in [0.15, 0.2) is 60.7 Å². The van der Waals surface area contributed by atoms with E-state index in [1.807, 2.05) is 12.1 Å². The third-order valence-corrected chi connectivity index (χ3v) is 8.78. The molecule has 2 bridgehead atoms. The van der Waals surface area contributed by atoms with Gasteiger partial charge in [0.15, 0.2) is 0 Å².